The van der Waals surface area contributed by atoms with Crippen molar-refractivity contribution in [1.82, 2.24) is 19.6 Å². The number of benzene rings is 1. The fourth-order valence-corrected chi connectivity index (χ4v) is 4.29. The molecule has 1 saturated heterocycles. The molecule has 1 atom stereocenters. The molecule has 32 heavy (non-hydrogen) atoms. The zero-order chi connectivity index (χ0) is 22.8. The number of ether oxygens (including phenoxy) is 1. The molecule has 0 radical (unpaired) electrons. The van der Waals surface area contributed by atoms with Crippen molar-refractivity contribution in [2.24, 2.45) is 0 Å². The first-order chi connectivity index (χ1) is 15.4. The van der Waals surface area contributed by atoms with Gasteiger partial charge < -0.3 is 19.4 Å². The van der Waals surface area contributed by atoms with Crippen molar-refractivity contribution in [3.8, 4) is 11.3 Å². The molecule has 1 aliphatic heterocycles. The maximum absolute atomic E-state index is 12.3. The minimum atomic E-state index is -0.0949. The van der Waals surface area contributed by atoms with Crippen LogP contribution in [0.5, 0.6) is 0 Å². The molecule has 7 heteroatoms. The van der Waals surface area contributed by atoms with Crippen LogP contribution in [0.25, 0.3) is 16.9 Å². The van der Waals surface area contributed by atoms with E-state index in [9.17, 15) is 9.59 Å². The van der Waals surface area contributed by atoms with Crippen molar-refractivity contribution < 1.29 is 14.3 Å². The van der Waals surface area contributed by atoms with Crippen molar-refractivity contribution >= 4 is 17.5 Å². The average molecular weight is 435 g/mol. The quantitative estimate of drug-likeness (QED) is 0.669. The topological polar surface area (TPSA) is 75.9 Å². The Kier molecular flexibility index (Phi) is 6.28. The van der Waals surface area contributed by atoms with Crippen LogP contribution >= 0.6 is 0 Å². The van der Waals surface area contributed by atoms with Crippen molar-refractivity contribution in [3.05, 3.63) is 58.9 Å². The Hall–Kier alpha value is -3.19. The monoisotopic (exact) mass is 434 g/mol. The summed E-state index contributed by atoms with van der Waals surface area (Å²) in [6.07, 6.45) is 2.59. The normalized spacial score (nSPS) is 16.4. The Bertz CT molecular complexity index is 1170. The molecule has 0 saturated carbocycles. The molecule has 1 aromatic carbocycles. The van der Waals surface area contributed by atoms with Crippen LogP contribution < -0.4 is 5.32 Å². The molecule has 1 N–H and O–H groups in total. The molecule has 0 spiro atoms. The summed E-state index contributed by atoms with van der Waals surface area (Å²) in [6.45, 7) is 9.90. The molecule has 0 bridgehead atoms. The number of carbonyl (C=O) groups is 2. The number of rotatable bonds is 5. The van der Waals surface area contributed by atoms with Gasteiger partial charge in [0.2, 0.25) is 5.91 Å². The number of nitrogens with one attached hydrogen (secondary N) is 1. The highest BCUT2D eigenvalue weighted by molar-refractivity contribution is 5.95. The number of imidazole rings is 1. The van der Waals surface area contributed by atoms with E-state index in [1.165, 1.54) is 0 Å². The number of nitrogens with zero attached hydrogens (tertiary/aromatic N) is 3. The van der Waals surface area contributed by atoms with Crippen LogP contribution in [0.3, 0.4) is 0 Å². The molecule has 1 aliphatic rings. The SMILES string of the molecule is CCNC(=O)c1ccc(-c2nc3cc(C)ccn3c2C[C@H]2CN(C(C)=O)CCO2)c(C)c1. The van der Waals surface area contributed by atoms with Gasteiger partial charge >= 0.3 is 0 Å². The zero-order valence-corrected chi connectivity index (χ0v) is 19.1. The molecule has 3 aromatic rings. The summed E-state index contributed by atoms with van der Waals surface area (Å²) >= 11 is 0. The minimum absolute atomic E-state index is 0.0732. The number of aryl methyl sites for hydroxylation is 2. The van der Waals surface area contributed by atoms with E-state index in [1.54, 1.807) is 6.92 Å². The zero-order valence-electron chi connectivity index (χ0n) is 19.1. The number of morpholine rings is 1. The lowest BCUT2D eigenvalue weighted by Crippen LogP contribution is -2.45. The van der Waals surface area contributed by atoms with Gasteiger partial charge in [0.25, 0.3) is 5.91 Å². The van der Waals surface area contributed by atoms with Gasteiger partial charge in [-0.15, -0.1) is 0 Å². The lowest BCUT2D eigenvalue weighted by molar-refractivity contribution is -0.136. The van der Waals surface area contributed by atoms with Crippen LogP contribution in [-0.2, 0) is 16.0 Å². The lowest BCUT2D eigenvalue weighted by atomic mass is 9.99. The third-order valence-corrected chi connectivity index (χ3v) is 5.97. The Balaban J connectivity index is 1.75. The molecule has 0 aliphatic carbocycles. The molecular weight excluding hydrogens is 404 g/mol. The molecule has 4 rings (SSSR count). The van der Waals surface area contributed by atoms with E-state index < -0.39 is 0 Å². The molecule has 3 heterocycles. The first kappa shape index (κ1) is 22.0. The summed E-state index contributed by atoms with van der Waals surface area (Å²) in [5, 5.41) is 2.85. The Morgan fingerprint density at radius 2 is 2.03 bits per heavy atom. The average Bonchev–Trinajstić information content (AvgIpc) is 3.11. The highest BCUT2D eigenvalue weighted by atomic mass is 16.5. The van der Waals surface area contributed by atoms with Gasteiger partial charge in [-0.2, -0.15) is 0 Å². The second-order valence-corrected chi connectivity index (χ2v) is 8.39. The maximum atomic E-state index is 12.3. The van der Waals surface area contributed by atoms with Crippen molar-refractivity contribution in [2.45, 2.75) is 40.2 Å². The van der Waals surface area contributed by atoms with Crippen LogP contribution in [0.1, 0.15) is 41.0 Å². The van der Waals surface area contributed by atoms with Crippen molar-refractivity contribution in [1.29, 1.82) is 0 Å². The van der Waals surface area contributed by atoms with E-state index in [0.29, 0.717) is 38.2 Å². The Labute approximate surface area is 188 Å². The molecule has 2 aromatic heterocycles. The van der Waals surface area contributed by atoms with Gasteiger partial charge in [0.1, 0.15) is 5.65 Å². The van der Waals surface area contributed by atoms with E-state index in [1.807, 2.05) is 43.1 Å². The van der Waals surface area contributed by atoms with Gasteiger partial charge in [0.15, 0.2) is 0 Å². The molecule has 2 amide bonds. The van der Waals surface area contributed by atoms with Gasteiger partial charge in [-0.3, -0.25) is 9.59 Å². The van der Waals surface area contributed by atoms with Gasteiger partial charge in [-0.1, -0.05) is 6.07 Å². The number of pyridine rings is 1. The number of hydrogen-bond donors (Lipinski definition) is 1. The molecule has 0 unspecified atom stereocenters. The van der Waals surface area contributed by atoms with Crippen LogP contribution in [-0.4, -0.2) is 58.4 Å². The number of fused-ring (bicyclic) bond motifs is 1. The predicted octanol–water partition coefficient (Wildman–Crippen LogP) is 3.16. The summed E-state index contributed by atoms with van der Waals surface area (Å²) in [7, 11) is 0. The van der Waals surface area contributed by atoms with Crippen LogP contribution in [0.2, 0.25) is 0 Å². The van der Waals surface area contributed by atoms with E-state index >= 15 is 0 Å². The third kappa shape index (κ3) is 4.39. The standard InChI is InChI=1S/C25H30N4O3/c1-5-26-25(31)19-6-7-21(17(3)13-19)24-22(29-9-8-16(2)12-23(29)27-24)14-20-15-28(18(4)30)10-11-32-20/h6-9,12-13,20H,5,10-11,14-15H2,1-4H3,(H,26,31)/t20-/m0/s1. The summed E-state index contributed by atoms with van der Waals surface area (Å²) in [5.74, 6) is -0.00277. The fourth-order valence-electron chi connectivity index (χ4n) is 4.29. The van der Waals surface area contributed by atoms with Crippen molar-refractivity contribution in [2.75, 3.05) is 26.2 Å². The predicted molar refractivity (Wildman–Crippen MR) is 124 cm³/mol. The summed E-state index contributed by atoms with van der Waals surface area (Å²) in [4.78, 5) is 30.9. The van der Waals surface area contributed by atoms with Crippen LogP contribution in [0.4, 0.5) is 0 Å². The fraction of sp³-hybridized carbons (Fsp3) is 0.400. The highest BCUT2D eigenvalue weighted by Gasteiger charge is 2.26. The van der Waals surface area contributed by atoms with E-state index in [2.05, 4.69) is 28.8 Å². The van der Waals surface area contributed by atoms with Crippen LogP contribution in [0, 0.1) is 13.8 Å². The van der Waals surface area contributed by atoms with Crippen LogP contribution in [0.15, 0.2) is 36.5 Å². The van der Waals surface area contributed by atoms with Gasteiger partial charge in [-0.25, -0.2) is 4.98 Å². The first-order valence-corrected chi connectivity index (χ1v) is 11.1. The maximum Gasteiger partial charge on any atom is 0.251 e. The van der Waals surface area contributed by atoms with E-state index in [-0.39, 0.29) is 17.9 Å². The van der Waals surface area contributed by atoms with Crippen molar-refractivity contribution in [3.63, 3.8) is 0 Å². The Morgan fingerprint density at radius 3 is 2.75 bits per heavy atom. The number of aromatic nitrogens is 2. The molecule has 7 nitrogen and oxygen atoms in total. The second kappa shape index (κ2) is 9.12. The summed E-state index contributed by atoms with van der Waals surface area (Å²) in [5.41, 5.74) is 6.58. The van der Waals surface area contributed by atoms with E-state index in [4.69, 9.17) is 9.72 Å². The number of amides is 2. The lowest BCUT2D eigenvalue weighted by Gasteiger charge is -2.32. The van der Waals surface area contributed by atoms with Gasteiger partial charge in [0.05, 0.1) is 24.1 Å². The highest BCUT2D eigenvalue weighted by Crippen LogP contribution is 2.30. The molecule has 1 fully saturated rings. The molecule has 168 valence electrons. The van der Waals surface area contributed by atoms with Gasteiger partial charge in [-0.05, 0) is 56.2 Å². The Morgan fingerprint density at radius 1 is 1.22 bits per heavy atom. The van der Waals surface area contributed by atoms with E-state index in [0.717, 1.165) is 33.7 Å². The smallest absolute Gasteiger partial charge is 0.251 e. The minimum Gasteiger partial charge on any atom is -0.374 e. The third-order valence-electron chi connectivity index (χ3n) is 5.97. The number of hydrogen-bond acceptors (Lipinski definition) is 4. The van der Waals surface area contributed by atoms with Gasteiger partial charge in [0, 0.05) is 50.3 Å². The largest absolute Gasteiger partial charge is 0.374 e. The summed E-state index contributed by atoms with van der Waals surface area (Å²) < 4.78 is 8.12. The summed E-state index contributed by atoms with van der Waals surface area (Å²) in [6, 6.07) is 9.86. The molecular formula is C25H30N4O3. The second-order valence-electron chi connectivity index (χ2n) is 8.39. The first-order valence-electron chi connectivity index (χ1n) is 11.1. The number of carbonyl (C=O) groups excluding carboxylic acids is 2.